The van der Waals surface area contributed by atoms with E-state index in [0.717, 1.165) is 17.9 Å². The molecule has 0 bridgehead atoms. The van der Waals surface area contributed by atoms with Crippen LogP contribution in [0, 0.1) is 0 Å². The average molecular weight is 236 g/mol. The van der Waals surface area contributed by atoms with Gasteiger partial charge in [-0.2, -0.15) is 0 Å². The number of hydrogen-bond acceptors (Lipinski definition) is 4. The minimum atomic E-state index is 0.263. The van der Waals surface area contributed by atoms with Crippen LogP contribution in [0.15, 0.2) is 30.5 Å². The van der Waals surface area contributed by atoms with Crippen LogP contribution < -0.4 is 4.74 Å². The van der Waals surface area contributed by atoms with Crippen molar-refractivity contribution in [3.63, 3.8) is 0 Å². The fraction of sp³-hybridized carbons (Fsp3) is 0.385. The van der Waals surface area contributed by atoms with Crippen molar-refractivity contribution in [2.45, 2.75) is 6.10 Å². The van der Waals surface area contributed by atoms with Gasteiger partial charge in [-0.05, 0) is 23.8 Å². The molecule has 0 spiro atoms. The van der Waals surface area contributed by atoms with Gasteiger partial charge in [0.05, 0.1) is 12.9 Å². The van der Waals surface area contributed by atoms with Crippen LogP contribution in [-0.4, -0.2) is 33.2 Å². The summed E-state index contributed by atoms with van der Waals surface area (Å²) in [6.45, 7) is 1.71. The third kappa shape index (κ3) is 4.46. The summed E-state index contributed by atoms with van der Waals surface area (Å²) < 4.78 is 20.4. The van der Waals surface area contributed by atoms with E-state index in [9.17, 15) is 0 Å². The van der Waals surface area contributed by atoms with Crippen molar-refractivity contribution in [1.82, 2.24) is 0 Å². The zero-order valence-electron chi connectivity index (χ0n) is 9.80. The third-order valence-corrected chi connectivity index (χ3v) is 2.26. The Bertz CT molecular complexity index is 354. The maximum Gasteiger partial charge on any atom is 0.187 e. The Balaban J connectivity index is 1.77. The van der Waals surface area contributed by atoms with E-state index < -0.39 is 0 Å². The Labute approximate surface area is 101 Å². The van der Waals surface area contributed by atoms with E-state index >= 15 is 0 Å². The molecule has 0 saturated carbocycles. The molecule has 4 nitrogen and oxygen atoms in total. The summed E-state index contributed by atoms with van der Waals surface area (Å²) in [6.07, 6.45) is 3.77. The molecule has 1 aromatic carbocycles. The second-order valence-electron chi connectivity index (χ2n) is 3.71. The molecule has 0 radical (unpaired) electrons. The summed E-state index contributed by atoms with van der Waals surface area (Å²) in [7, 11) is 1.59. The molecule has 92 valence electrons. The van der Waals surface area contributed by atoms with Gasteiger partial charge < -0.3 is 18.9 Å². The molecule has 1 unspecified atom stereocenters. The van der Waals surface area contributed by atoms with Crippen LogP contribution in [0.2, 0.25) is 0 Å². The van der Waals surface area contributed by atoms with Crippen molar-refractivity contribution in [2.24, 2.45) is 0 Å². The van der Waals surface area contributed by atoms with Gasteiger partial charge in [-0.25, -0.2) is 0 Å². The zero-order valence-corrected chi connectivity index (χ0v) is 9.80. The summed E-state index contributed by atoms with van der Waals surface area (Å²) in [5, 5.41) is 0. The maximum atomic E-state index is 5.53. The molecule has 1 heterocycles. The van der Waals surface area contributed by atoms with E-state index in [1.807, 2.05) is 30.3 Å². The number of benzene rings is 1. The van der Waals surface area contributed by atoms with Crippen molar-refractivity contribution in [3.8, 4) is 5.75 Å². The Morgan fingerprint density at radius 2 is 2.12 bits per heavy atom. The standard InChI is InChI=1S/C13H16O4/c1-14-10-15-7-6-11-2-4-12(5-3-11)16-8-13-9-17-13/h2-7,13H,8-10H2,1H3. The van der Waals surface area contributed by atoms with Crippen LogP contribution >= 0.6 is 0 Å². The quantitative estimate of drug-likeness (QED) is 0.314. The highest BCUT2D eigenvalue weighted by Crippen LogP contribution is 2.16. The molecule has 17 heavy (non-hydrogen) atoms. The molecule has 0 aliphatic carbocycles. The van der Waals surface area contributed by atoms with Gasteiger partial charge in [-0.3, -0.25) is 0 Å². The van der Waals surface area contributed by atoms with Gasteiger partial charge in [-0.1, -0.05) is 12.1 Å². The molecule has 1 aliphatic rings. The fourth-order valence-corrected chi connectivity index (χ4v) is 1.26. The molecular weight excluding hydrogens is 220 g/mol. The van der Waals surface area contributed by atoms with Crippen molar-refractivity contribution in [3.05, 3.63) is 36.1 Å². The van der Waals surface area contributed by atoms with E-state index in [2.05, 4.69) is 0 Å². The van der Waals surface area contributed by atoms with Gasteiger partial charge in [0.15, 0.2) is 6.79 Å². The van der Waals surface area contributed by atoms with Crippen LogP contribution in [0.3, 0.4) is 0 Å². The molecular formula is C13H16O4. The van der Waals surface area contributed by atoms with Crippen LogP contribution in [0.5, 0.6) is 5.75 Å². The van der Waals surface area contributed by atoms with Crippen LogP contribution in [0.1, 0.15) is 5.56 Å². The lowest BCUT2D eigenvalue weighted by atomic mass is 10.2. The monoisotopic (exact) mass is 236 g/mol. The normalized spacial score (nSPS) is 18.3. The first kappa shape index (κ1) is 12.0. The van der Waals surface area contributed by atoms with E-state index in [-0.39, 0.29) is 12.9 Å². The summed E-state index contributed by atoms with van der Waals surface area (Å²) in [6, 6.07) is 7.79. The SMILES string of the molecule is COCOC=Cc1ccc(OCC2CO2)cc1. The Hall–Kier alpha value is -1.52. The minimum absolute atomic E-state index is 0.263. The highest BCUT2D eigenvalue weighted by Gasteiger charge is 2.22. The van der Waals surface area contributed by atoms with Crippen LogP contribution in [0.25, 0.3) is 6.08 Å². The largest absolute Gasteiger partial charge is 0.491 e. The van der Waals surface area contributed by atoms with Crippen molar-refractivity contribution in [1.29, 1.82) is 0 Å². The first-order valence-electron chi connectivity index (χ1n) is 5.50. The fourth-order valence-electron chi connectivity index (χ4n) is 1.26. The number of epoxide rings is 1. The number of rotatable bonds is 7. The van der Waals surface area contributed by atoms with Crippen molar-refractivity contribution < 1.29 is 18.9 Å². The van der Waals surface area contributed by atoms with Crippen molar-refractivity contribution in [2.75, 3.05) is 27.1 Å². The topological polar surface area (TPSA) is 40.2 Å². The first-order valence-corrected chi connectivity index (χ1v) is 5.50. The van der Waals surface area contributed by atoms with E-state index in [1.165, 1.54) is 0 Å². The van der Waals surface area contributed by atoms with Gasteiger partial charge in [0.1, 0.15) is 18.5 Å². The lowest BCUT2D eigenvalue weighted by Crippen LogP contribution is -2.03. The summed E-state index contributed by atoms with van der Waals surface area (Å²) in [5.41, 5.74) is 1.05. The minimum Gasteiger partial charge on any atom is -0.491 e. The number of hydrogen-bond donors (Lipinski definition) is 0. The number of methoxy groups -OCH3 is 1. The highest BCUT2D eigenvalue weighted by molar-refractivity contribution is 5.49. The summed E-state index contributed by atoms with van der Waals surface area (Å²) in [4.78, 5) is 0. The van der Waals surface area contributed by atoms with E-state index in [4.69, 9.17) is 18.9 Å². The average Bonchev–Trinajstić information content (AvgIpc) is 3.18. The molecule has 1 fully saturated rings. The van der Waals surface area contributed by atoms with Gasteiger partial charge in [0, 0.05) is 7.11 Å². The highest BCUT2D eigenvalue weighted by atomic mass is 16.7. The second kappa shape index (κ2) is 6.27. The Morgan fingerprint density at radius 3 is 2.76 bits per heavy atom. The van der Waals surface area contributed by atoms with Crippen LogP contribution in [-0.2, 0) is 14.2 Å². The molecule has 0 aromatic heterocycles. The lowest BCUT2D eigenvalue weighted by Gasteiger charge is -2.03. The predicted molar refractivity (Wildman–Crippen MR) is 63.7 cm³/mol. The third-order valence-electron chi connectivity index (χ3n) is 2.26. The lowest BCUT2D eigenvalue weighted by molar-refractivity contribution is 0.0208. The Morgan fingerprint density at radius 1 is 1.35 bits per heavy atom. The smallest absolute Gasteiger partial charge is 0.187 e. The summed E-state index contributed by atoms with van der Waals surface area (Å²) >= 11 is 0. The van der Waals surface area contributed by atoms with E-state index in [0.29, 0.717) is 6.61 Å². The molecule has 4 heteroatoms. The predicted octanol–water partition coefficient (Wildman–Crippen LogP) is 2.06. The summed E-state index contributed by atoms with van der Waals surface area (Å²) in [5.74, 6) is 0.857. The molecule has 0 N–H and O–H groups in total. The van der Waals surface area contributed by atoms with Gasteiger partial charge >= 0.3 is 0 Å². The maximum absolute atomic E-state index is 5.53. The zero-order chi connectivity index (χ0) is 11.9. The molecule has 1 saturated heterocycles. The Kier molecular flexibility index (Phi) is 4.41. The van der Waals surface area contributed by atoms with Gasteiger partial charge in [0.25, 0.3) is 0 Å². The molecule has 1 aliphatic heterocycles. The van der Waals surface area contributed by atoms with Crippen LogP contribution in [0.4, 0.5) is 0 Å². The second-order valence-corrected chi connectivity index (χ2v) is 3.71. The first-order chi connectivity index (χ1) is 8.38. The van der Waals surface area contributed by atoms with Gasteiger partial charge in [0.2, 0.25) is 0 Å². The molecule has 0 amide bonds. The van der Waals surface area contributed by atoms with Gasteiger partial charge in [-0.15, -0.1) is 0 Å². The molecule has 1 aromatic rings. The molecule has 2 rings (SSSR count). The number of ether oxygens (including phenoxy) is 4. The van der Waals surface area contributed by atoms with E-state index in [1.54, 1.807) is 13.4 Å². The molecule has 1 atom stereocenters. The van der Waals surface area contributed by atoms with Crippen molar-refractivity contribution >= 4 is 6.08 Å².